The fourth-order valence-corrected chi connectivity index (χ4v) is 3.21. The van der Waals surface area contributed by atoms with Crippen molar-refractivity contribution in [2.75, 3.05) is 18.0 Å². The molecule has 122 valence electrons. The Morgan fingerprint density at radius 1 is 1.33 bits per heavy atom. The van der Waals surface area contributed by atoms with Crippen molar-refractivity contribution >= 4 is 23.3 Å². The van der Waals surface area contributed by atoms with Crippen LogP contribution in [0.25, 0.3) is 22.2 Å². The lowest BCUT2D eigenvalue weighted by molar-refractivity contribution is -0.107. The van der Waals surface area contributed by atoms with Crippen LogP contribution in [0.1, 0.15) is 18.9 Å². The first-order valence-electron chi connectivity index (χ1n) is 8.30. The quantitative estimate of drug-likeness (QED) is 0.701. The molecular weight excluding hydrogens is 304 g/mol. The van der Waals surface area contributed by atoms with Crippen LogP contribution in [0.5, 0.6) is 0 Å². The second-order valence-corrected chi connectivity index (χ2v) is 6.53. The molecule has 1 aliphatic carbocycles. The van der Waals surface area contributed by atoms with Gasteiger partial charge in [0, 0.05) is 42.5 Å². The average Bonchev–Trinajstić information content (AvgIpc) is 3.07. The second kappa shape index (κ2) is 5.17. The Labute approximate surface area is 138 Å². The van der Waals surface area contributed by atoms with Gasteiger partial charge in [-0.05, 0) is 30.5 Å². The van der Waals surface area contributed by atoms with E-state index in [1.54, 1.807) is 4.90 Å². The summed E-state index contributed by atoms with van der Waals surface area (Å²) in [4.78, 5) is 21.0. The van der Waals surface area contributed by atoms with Crippen LogP contribution >= 0.6 is 0 Å². The molecule has 0 bridgehead atoms. The topological polar surface area (TPSA) is 78.8 Å². The number of rotatable bonds is 5. The van der Waals surface area contributed by atoms with E-state index in [1.807, 2.05) is 29.2 Å². The van der Waals surface area contributed by atoms with E-state index in [4.69, 9.17) is 0 Å². The minimum atomic E-state index is 0.291. The zero-order valence-electron chi connectivity index (χ0n) is 13.1. The minimum absolute atomic E-state index is 0.291. The van der Waals surface area contributed by atoms with Gasteiger partial charge in [-0.2, -0.15) is 5.10 Å². The molecule has 2 fully saturated rings. The van der Waals surface area contributed by atoms with Crippen LogP contribution in [-0.2, 0) is 4.79 Å². The fourth-order valence-electron chi connectivity index (χ4n) is 3.21. The van der Waals surface area contributed by atoms with Crippen molar-refractivity contribution < 1.29 is 4.79 Å². The largest absolute Gasteiger partial charge is 0.346 e. The first-order valence-corrected chi connectivity index (χ1v) is 8.30. The van der Waals surface area contributed by atoms with Gasteiger partial charge in [-0.25, -0.2) is 4.98 Å². The van der Waals surface area contributed by atoms with Crippen LogP contribution in [-0.4, -0.2) is 45.3 Å². The van der Waals surface area contributed by atoms with Crippen molar-refractivity contribution in [3.63, 3.8) is 0 Å². The molecule has 1 saturated heterocycles. The summed E-state index contributed by atoms with van der Waals surface area (Å²) in [6.45, 7) is 1.92. The number of pyridine rings is 1. The molecule has 3 aromatic rings. The zero-order chi connectivity index (χ0) is 16.1. The summed E-state index contributed by atoms with van der Waals surface area (Å²) in [5, 5.41) is 8.82. The smallest absolute Gasteiger partial charge is 0.215 e. The van der Waals surface area contributed by atoms with Crippen molar-refractivity contribution in [1.29, 1.82) is 0 Å². The third-order valence-corrected chi connectivity index (χ3v) is 4.88. The van der Waals surface area contributed by atoms with Crippen LogP contribution in [0.3, 0.4) is 0 Å². The van der Waals surface area contributed by atoms with Crippen LogP contribution in [0.15, 0.2) is 30.7 Å². The first-order chi connectivity index (χ1) is 11.8. The van der Waals surface area contributed by atoms with Crippen molar-refractivity contribution in [1.82, 2.24) is 25.1 Å². The van der Waals surface area contributed by atoms with E-state index in [-0.39, 0.29) is 0 Å². The van der Waals surface area contributed by atoms with Gasteiger partial charge in [-0.15, -0.1) is 0 Å². The molecule has 0 aromatic carbocycles. The van der Waals surface area contributed by atoms with Gasteiger partial charge in [0.1, 0.15) is 11.5 Å². The maximum atomic E-state index is 11.5. The third kappa shape index (κ3) is 2.12. The summed E-state index contributed by atoms with van der Waals surface area (Å²) in [7, 11) is 0. The van der Waals surface area contributed by atoms with Crippen molar-refractivity contribution in [3.8, 4) is 11.1 Å². The molecule has 2 aliphatic rings. The molecule has 7 heteroatoms. The number of H-pyrrole nitrogens is 1. The van der Waals surface area contributed by atoms with E-state index in [2.05, 4.69) is 26.6 Å². The van der Waals surface area contributed by atoms with E-state index in [0.29, 0.717) is 17.9 Å². The number of aromatic nitrogens is 4. The molecule has 2 N–H and O–H groups in total. The van der Waals surface area contributed by atoms with Crippen molar-refractivity contribution in [2.24, 2.45) is 0 Å². The number of carbonyl (C=O) groups excluding carboxylic acids is 1. The maximum Gasteiger partial charge on any atom is 0.215 e. The number of fused-ring (bicyclic) bond motifs is 1. The molecule has 1 aliphatic heterocycles. The van der Waals surface area contributed by atoms with Gasteiger partial charge in [0.2, 0.25) is 6.41 Å². The lowest BCUT2D eigenvalue weighted by Crippen LogP contribution is -2.43. The molecule has 0 atom stereocenters. The molecule has 0 unspecified atom stereocenters. The molecule has 0 radical (unpaired) electrons. The van der Waals surface area contributed by atoms with E-state index < -0.39 is 0 Å². The number of nitrogens with one attached hydrogen (secondary N) is 2. The van der Waals surface area contributed by atoms with Crippen LogP contribution in [0.2, 0.25) is 0 Å². The van der Waals surface area contributed by atoms with E-state index in [0.717, 1.165) is 54.5 Å². The molecular formula is C17H18N6O. The summed E-state index contributed by atoms with van der Waals surface area (Å²) in [6, 6.07) is 4.74. The van der Waals surface area contributed by atoms with Gasteiger partial charge >= 0.3 is 0 Å². The Morgan fingerprint density at radius 2 is 2.21 bits per heavy atom. The molecule has 4 heterocycles. The predicted molar refractivity (Wildman–Crippen MR) is 90.8 cm³/mol. The van der Waals surface area contributed by atoms with Crippen molar-refractivity contribution in [2.45, 2.75) is 24.9 Å². The Morgan fingerprint density at radius 3 is 2.92 bits per heavy atom. The Bertz CT molecular complexity index is 905. The van der Waals surface area contributed by atoms with E-state index >= 15 is 0 Å². The summed E-state index contributed by atoms with van der Waals surface area (Å²) in [5.74, 6) is 0.704. The number of anilines is 1. The predicted octanol–water partition coefficient (Wildman–Crippen LogP) is 1.70. The van der Waals surface area contributed by atoms with Crippen LogP contribution in [0, 0.1) is 0 Å². The minimum Gasteiger partial charge on any atom is -0.346 e. The number of carbonyl (C=O) groups is 1. The van der Waals surface area contributed by atoms with E-state index in [1.165, 1.54) is 0 Å². The standard InChI is InChI=1S/C17H18N6O/c24-10-22(12-1-2-12)16-5-15(14-3-4-19-17(14)21-16)11-6-20-23(9-11)13-7-18-8-13/h3-6,9-10,12-13,18H,1-2,7-8H2,(H,19,21). The van der Waals surface area contributed by atoms with Gasteiger partial charge in [0.05, 0.1) is 12.2 Å². The van der Waals surface area contributed by atoms with Gasteiger partial charge in [-0.1, -0.05) is 0 Å². The van der Waals surface area contributed by atoms with E-state index in [9.17, 15) is 4.79 Å². The number of nitrogens with zero attached hydrogens (tertiary/aromatic N) is 4. The number of hydrogen-bond acceptors (Lipinski definition) is 4. The normalized spacial score (nSPS) is 17.8. The van der Waals surface area contributed by atoms with Gasteiger partial charge in [-0.3, -0.25) is 14.4 Å². The highest BCUT2D eigenvalue weighted by Crippen LogP contribution is 2.35. The summed E-state index contributed by atoms with van der Waals surface area (Å²) < 4.78 is 2.02. The molecule has 5 rings (SSSR count). The Kier molecular flexibility index (Phi) is 2.96. The van der Waals surface area contributed by atoms with Crippen molar-refractivity contribution in [3.05, 3.63) is 30.7 Å². The highest BCUT2D eigenvalue weighted by atomic mass is 16.1. The van der Waals surface area contributed by atoms with Gasteiger partial charge in [0.25, 0.3) is 0 Å². The van der Waals surface area contributed by atoms with Gasteiger partial charge in [0.15, 0.2) is 0 Å². The molecule has 7 nitrogen and oxygen atoms in total. The van der Waals surface area contributed by atoms with Gasteiger partial charge < -0.3 is 10.3 Å². The first kappa shape index (κ1) is 13.7. The summed E-state index contributed by atoms with van der Waals surface area (Å²) in [6.07, 6.45) is 8.84. The molecule has 0 spiro atoms. The SMILES string of the molecule is O=CN(c1cc(-c2cnn(C3CNC3)c2)c2cc[nH]c2n1)C1CC1. The third-order valence-electron chi connectivity index (χ3n) is 4.88. The summed E-state index contributed by atoms with van der Waals surface area (Å²) >= 11 is 0. The monoisotopic (exact) mass is 322 g/mol. The molecule has 1 saturated carbocycles. The number of hydrogen-bond donors (Lipinski definition) is 2. The number of aromatic amines is 1. The highest BCUT2D eigenvalue weighted by Gasteiger charge is 2.30. The molecule has 24 heavy (non-hydrogen) atoms. The fraction of sp³-hybridized carbons (Fsp3) is 0.353. The Balaban J connectivity index is 1.61. The summed E-state index contributed by atoms with van der Waals surface area (Å²) in [5.41, 5.74) is 2.91. The number of amides is 1. The zero-order valence-corrected chi connectivity index (χ0v) is 13.1. The average molecular weight is 322 g/mol. The second-order valence-electron chi connectivity index (χ2n) is 6.53. The highest BCUT2D eigenvalue weighted by molar-refractivity contribution is 5.95. The Hall–Kier alpha value is -2.67. The molecule has 1 amide bonds. The lowest BCUT2D eigenvalue weighted by atomic mass is 10.1. The van der Waals surface area contributed by atoms with Crippen LogP contribution < -0.4 is 10.2 Å². The lowest BCUT2D eigenvalue weighted by Gasteiger charge is -2.27. The van der Waals surface area contributed by atoms with Crippen LogP contribution in [0.4, 0.5) is 5.82 Å². The molecule has 3 aromatic heterocycles. The maximum absolute atomic E-state index is 11.5.